The SMILES string of the molecule is CCNC(=O)[C@H]1CCN(C(=O)c2cccc(-c3ccncc3F)c2)C1. The van der Waals surface area contributed by atoms with E-state index in [1.807, 2.05) is 6.92 Å². The van der Waals surface area contributed by atoms with Gasteiger partial charge in [-0.15, -0.1) is 0 Å². The molecule has 2 heterocycles. The van der Waals surface area contributed by atoms with Crippen LogP contribution in [0.4, 0.5) is 4.39 Å². The number of hydrogen-bond donors (Lipinski definition) is 1. The molecule has 0 spiro atoms. The second-order valence-corrected chi connectivity index (χ2v) is 6.07. The van der Waals surface area contributed by atoms with E-state index in [0.29, 0.717) is 42.7 Å². The van der Waals surface area contributed by atoms with E-state index in [4.69, 9.17) is 0 Å². The third-order valence-corrected chi connectivity index (χ3v) is 4.39. The lowest BCUT2D eigenvalue weighted by Gasteiger charge is -2.17. The van der Waals surface area contributed by atoms with E-state index in [-0.39, 0.29) is 17.7 Å². The van der Waals surface area contributed by atoms with Gasteiger partial charge in [0.2, 0.25) is 5.91 Å². The highest BCUT2D eigenvalue weighted by molar-refractivity contribution is 5.96. The number of pyridine rings is 1. The molecule has 2 amide bonds. The second-order valence-electron chi connectivity index (χ2n) is 6.07. The molecule has 1 atom stereocenters. The number of nitrogens with one attached hydrogen (secondary N) is 1. The van der Waals surface area contributed by atoms with Gasteiger partial charge in [0.25, 0.3) is 5.91 Å². The predicted octanol–water partition coefficient (Wildman–Crippen LogP) is 2.49. The van der Waals surface area contributed by atoms with Crippen LogP contribution in [0.15, 0.2) is 42.7 Å². The topological polar surface area (TPSA) is 62.3 Å². The molecule has 1 aliphatic rings. The molecule has 0 bridgehead atoms. The zero-order valence-electron chi connectivity index (χ0n) is 14.0. The Hall–Kier alpha value is -2.76. The maximum atomic E-state index is 13.9. The van der Waals surface area contributed by atoms with Gasteiger partial charge in [0.05, 0.1) is 12.1 Å². The summed E-state index contributed by atoms with van der Waals surface area (Å²) in [7, 11) is 0. The number of aromatic nitrogens is 1. The van der Waals surface area contributed by atoms with Crippen LogP contribution in [0.25, 0.3) is 11.1 Å². The van der Waals surface area contributed by atoms with Gasteiger partial charge < -0.3 is 10.2 Å². The smallest absolute Gasteiger partial charge is 0.253 e. The number of halogens is 1. The minimum Gasteiger partial charge on any atom is -0.356 e. The van der Waals surface area contributed by atoms with E-state index in [9.17, 15) is 14.0 Å². The molecule has 1 aromatic heterocycles. The zero-order valence-corrected chi connectivity index (χ0v) is 14.0. The quantitative estimate of drug-likeness (QED) is 0.929. The van der Waals surface area contributed by atoms with E-state index >= 15 is 0 Å². The van der Waals surface area contributed by atoms with Crippen molar-refractivity contribution in [2.45, 2.75) is 13.3 Å². The van der Waals surface area contributed by atoms with Crippen molar-refractivity contribution in [2.75, 3.05) is 19.6 Å². The first kappa shape index (κ1) is 17.1. The molecule has 1 saturated heterocycles. The third-order valence-electron chi connectivity index (χ3n) is 4.39. The Morgan fingerprint density at radius 3 is 2.96 bits per heavy atom. The van der Waals surface area contributed by atoms with E-state index < -0.39 is 5.82 Å². The largest absolute Gasteiger partial charge is 0.356 e. The van der Waals surface area contributed by atoms with Crippen molar-refractivity contribution < 1.29 is 14.0 Å². The minimum atomic E-state index is -0.426. The van der Waals surface area contributed by atoms with E-state index in [1.165, 1.54) is 6.20 Å². The van der Waals surface area contributed by atoms with Gasteiger partial charge in [-0.3, -0.25) is 14.6 Å². The normalized spacial score (nSPS) is 16.7. The molecule has 0 unspecified atom stereocenters. The summed E-state index contributed by atoms with van der Waals surface area (Å²) < 4.78 is 13.9. The summed E-state index contributed by atoms with van der Waals surface area (Å²) in [5, 5.41) is 2.80. The van der Waals surface area contributed by atoms with Crippen molar-refractivity contribution in [3.63, 3.8) is 0 Å². The van der Waals surface area contributed by atoms with Crippen molar-refractivity contribution in [2.24, 2.45) is 5.92 Å². The highest BCUT2D eigenvalue weighted by Crippen LogP contribution is 2.25. The van der Waals surface area contributed by atoms with Gasteiger partial charge >= 0.3 is 0 Å². The molecule has 1 aliphatic heterocycles. The van der Waals surface area contributed by atoms with Gasteiger partial charge in [0.1, 0.15) is 5.82 Å². The Balaban J connectivity index is 1.77. The Bertz CT molecular complexity index is 794. The molecule has 2 aromatic rings. The fourth-order valence-corrected chi connectivity index (χ4v) is 3.09. The molecule has 3 rings (SSSR count). The van der Waals surface area contributed by atoms with Gasteiger partial charge in [-0.05, 0) is 37.1 Å². The zero-order chi connectivity index (χ0) is 17.8. The summed E-state index contributed by atoms with van der Waals surface area (Å²) in [5.41, 5.74) is 1.53. The number of rotatable bonds is 4. The minimum absolute atomic E-state index is 0.00888. The Kier molecular flexibility index (Phi) is 5.07. The predicted molar refractivity (Wildman–Crippen MR) is 92.3 cm³/mol. The number of amides is 2. The lowest BCUT2D eigenvalue weighted by Crippen LogP contribution is -2.34. The van der Waals surface area contributed by atoms with Gasteiger partial charge in [0.15, 0.2) is 0 Å². The fraction of sp³-hybridized carbons (Fsp3) is 0.316. The number of likely N-dealkylation sites (tertiary alicyclic amines) is 1. The first-order valence-corrected chi connectivity index (χ1v) is 8.37. The average Bonchev–Trinajstić information content (AvgIpc) is 3.12. The van der Waals surface area contributed by atoms with Crippen molar-refractivity contribution in [1.82, 2.24) is 15.2 Å². The van der Waals surface area contributed by atoms with Crippen LogP contribution in [-0.4, -0.2) is 41.3 Å². The highest BCUT2D eigenvalue weighted by atomic mass is 19.1. The van der Waals surface area contributed by atoms with E-state index in [0.717, 1.165) is 6.20 Å². The van der Waals surface area contributed by atoms with Gasteiger partial charge in [-0.1, -0.05) is 12.1 Å². The van der Waals surface area contributed by atoms with E-state index in [2.05, 4.69) is 10.3 Å². The van der Waals surface area contributed by atoms with Crippen LogP contribution >= 0.6 is 0 Å². The van der Waals surface area contributed by atoms with E-state index in [1.54, 1.807) is 35.2 Å². The first-order chi connectivity index (χ1) is 12.1. The lowest BCUT2D eigenvalue weighted by molar-refractivity contribution is -0.124. The van der Waals surface area contributed by atoms with Crippen LogP contribution in [0, 0.1) is 11.7 Å². The third kappa shape index (κ3) is 3.68. The second kappa shape index (κ2) is 7.42. The van der Waals surface area contributed by atoms with Crippen molar-refractivity contribution >= 4 is 11.8 Å². The molecule has 1 aromatic carbocycles. The number of benzene rings is 1. The first-order valence-electron chi connectivity index (χ1n) is 8.37. The standard InChI is InChI=1S/C19H20FN3O2/c1-2-22-18(24)15-7-9-23(12-15)19(25)14-5-3-4-13(10-14)16-6-8-21-11-17(16)20/h3-6,8,10-11,15H,2,7,9,12H2,1H3,(H,22,24)/t15-/m0/s1. The lowest BCUT2D eigenvalue weighted by atomic mass is 10.0. The fourth-order valence-electron chi connectivity index (χ4n) is 3.09. The summed E-state index contributed by atoms with van der Waals surface area (Å²) in [5.74, 6) is -0.734. The van der Waals surface area contributed by atoms with Gasteiger partial charge in [0, 0.05) is 37.0 Å². The van der Waals surface area contributed by atoms with Crippen LogP contribution in [0.2, 0.25) is 0 Å². The summed E-state index contributed by atoms with van der Waals surface area (Å²) in [4.78, 5) is 30.1. The molecule has 0 radical (unpaired) electrons. The Morgan fingerprint density at radius 2 is 2.20 bits per heavy atom. The molecular formula is C19H20FN3O2. The molecule has 0 saturated carbocycles. The average molecular weight is 341 g/mol. The summed E-state index contributed by atoms with van der Waals surface area (Å²) in [6, 6.07) is 8.47. The van der Waals surface area contributed by atoms with Crippen LogP contribution < -0.4 is 5.32 Å². The van der Waals surface area contributed by atoms with Crippen LogP contribution in [-0.2, 0) is 4.79 Å². The number of hydrogen-bond acceptors (Lipinski definition) is 3. The summed E-state index contributed by atoms with van der Waals surface area (Å²) in [6.45, 7) is 3.43. The molecule has 6 heteroatoms. The van der Waals surface area contributed by atoms with Crippen molar-refractivity contribution in [3.8, 4) is 11.1 Å². The molecule has 1 fully saturated rings. The van der Waals surface area contributed by atoms with Gasteiger partial charge in [-0.25, -0.2) is 4.39 Å². The highest BCUT2D eigenvalue weighted by Gasteiger charge is 2.31. The molecule has 25 heavy (non-hydrogen) atoms. The number of carbonyl (C=O) groups excluding carboxylic acids is 2. The molecule has 1 N–H and O–H groups in total. The maximum absolute atomic E-state index is 13.9. The van der Waals surface area contributed by atoms with Gasteiger partial charge in [-0.2, -0.15) is 0 Å². The van der Waals surface area contributed by atoms with Crippen LogP contribution in [0.3, 0.4) is 0 Å². The Morgan fingerprint density at radius 1 is 1.36 bits per heavy atom. The summed E-state index contributed by atoms with van der Waals surface area (Å²) >= 11 is 0. The van der Waals surface area contributed by atoms with Crippen molar-refractivity contribution in [3.05, 3.63) is 54.1 Å². The molecule has 5 nitrogen and oxygen atoms in total. The number of nitrogens with zero attached hydrogens (tertiary/aromatic N) is 2. The monoisotopic (exact) mass is 341 g/mol. The van der Waals surface area contributed by atoms with Crippen LogP contribution in [0.5, 0.6) is 0 Å². The molecular weight excluding hydrogens is 321 g/mol. The summed E-state index contributed by atoms with van der Waals surface area (Å²) in [6.07, 6.45) is 3.34. The maximum Gasteiger partial charge on any atom is 0.253 e. The number of carbonyl (C=O) groups is 2. The van der Waals surface area contributed by atoms with Crippen molar-refractivity contribution in [1.29, 1.82) is 0 Å². The Labute approximate surface area is 145 Å². The van der Waals surface area contributed by atoms with Crippen LogP contribution in [0.1, 0.15) is 23.7 Å². The molecule has 0 aliphatic carbocycles. The molecule has 130 valence electrons.